The molecule has 0 aliphatic carbocycles. The zero-order valence-corrected chi connectivity index (χ0v) is 17.1. The quantitative estimate of drug-likeness (QED) is 0.717. The molecule has 2 fully saturated rings. The number of likely N-dealkylation sites (tertiary alicyclic amines) is 1. The zero-order chi connectivity index (χ0) is 22.0. The fourth-order valence-corrected chi connectivity index (χ4v) is 4.36. The van der Waals surface area contributed by atoms with Crippen LogP contribution >= 0.6 is 0 Å². The van der Waals surface area contributed by atoms with Crippen molar-refractivity contribution in [2.24, 2.45) is 0 Å². The third-order valence-corrected chi connectivity index (χ3v) is 5.87. The van der Waals surface area contributed by atoms with Crippen LogP contribution in [0.2, 0.25) is 0 Å². The standard InChI is InChI=1S/C21H25F3N4O3/c22-21(23,24)14-28-19(25-16-5-2-1-4-15(16)20(28)30)17-6-3-8-26(17)9-10-27-11-13-31-12-7-18(27)29/h1-2,4-5,17H,3,6-14H2. The van der Waals surface area contributed by atoms with Gasteiger partial charge < -0.3 is 9.64 Å². The summed E-state index contributed by atoms with van der Waals surface area (Å²) < 4.78 is 46.0. The molecule has 2 aliphatic heterocycles. The summed E-state index contributed by atoms with van der Waals surface area (Å²) in [5, 5.41) is 0.176. The van der Waals surface area contributed by atoms with Gasteiger partial charge in [-0.05, 0) is 31.5 Å². The Balaban J connectivity index is 1.63. The zero-order valence-electron chi connectivity index (χ0n) is 17.1. The second kappa shape index (κ2) is 8.96. The van der Waals surface area contributed by atoms with Gasteiger partial charge in [0.2, 0.25) is 5.91 Å². The maximum absolute atomic E-state index is 13.3. The molecule has 0 bridgehead atoms. The maximum Gasteiger partial charge on any atom is 0.406 e. The Bertz CT molecular complexity index is 1010. The third-order valence-electron chi connectivity index (χ3n) is 5.87. The first-order valence-corrected chi connectivity index (χ1v) is 10.5. The van der Waals surface area contributed by atoms with Crippen molar-refractivity contribution in [1.82, 2.24) is 19.4 Å². The number of hydrogen-bond acceptors (Lipinski definition) is 5. The third kappa shape index (κ3) is 4.90. The lowest BCUT2D eigenvalue weighted by Crippen LogP contribution is -2.40. The molecule has 0 radical (unpaired) electrons. The van der Waals surface area contributed by atoms with Gasteiger partial charge in [0.25, 0.3) is 5.56 Å². The largest absolute Gasteiger partial charge is 0.406 e. The van der Waals surface area contributed by atoms with Gasteiger partial charge >= 0.3 is 6.18 Å². The molecule has 4 rings (SSSR count). The van der Waals surface area contributed by atoms with Crippen LogP contribution in [0.3, 0.4) is 0 Å². The number of para-hydroxylation sites is 1. The number of nitrogens with zero attached hydrogens (tertiary/aromatic N) is 4. The van der Waals surface area contributed by atoms with Gasteiger partial charge in [-0.1, -0.05) is 12.1 Å². The van der Waals surface area contributed by atoms with Gasteiger partial charge in [-0.15, -0.1) is 0 Å². The molecule has 1 aromatic heterocycles. The highest BCUT2D eigenvalue weighted by atomic mass is 19.4. The predicted octanol–water partition coefficient (Wildman–Crippen LogP) is 2.34. The molecule has 1 unspecified atom stereocenters. The fourth-order valence-electron chi connectivity index (χ4n) is 4.36. The summed E-state index contributed by atoms with van der Waals surface area (Å²) in [6, 6.07) is 6.07. The molecule has 1 aromatic carbocycles. The lowest BCUT2D eigenvalue weighted by Gasteiger charge is -2.29. The number of amides is 1. The van der Waals surface area contributed by atoms with E-state index in [1.54, 1.807) is 23.1 Å². The first kappa shape index (κ1) is 21.8. The monoisotopic (exact) mass is 438 g/mol. The topological polar surface area (TPSA) is 67.7 Å². The summed E-state index contributed by atoms with van der Waals surface area (Å²) in [7, 11) is 0. The van der Waals surface area contributed by atoms with Gasteiger partial charge in [0.1, 0.15) is 12.4 Å². The van der Waals surface area contributed by atoms with Gasteiger partial charge in [-0.2, -0.15) is 13.2 Å². The Morgan fingerprint density at radius 1 is 1.10 bits per heavy atom. The van der Waals surface area contributed by atoms with E-state index in [1.165, 1.54) is 6.07 Å². The minimum Gasteiger partial charge on any atom is -0.379 e. The second-order valence-corrected chi connectivity index (χ2v) is 7.93. The molecule has 3 heterocycles. The van der Waals surface area contributed by atoms with Crippen LogP contribution in [0.4, 0.5) is 13.2 Å². The van der Waals surface area contributed by atoms with Gasteiger partial charge in [0, 0.05) is 19.6 Å². The highest BCUT2D eigenvalue weighted by Gasteiger charge is 2.35. The van der Waals surface area contributed by atoms with E-state index in [1.807, 2.05) is 4.90 Å². The average Bonchev–Trinajstić information content (AvgIpc) is 3.09. The van der Waals surface area contributed by atoms with Crippen molar-refractivity contribution in [2.75, 3.05) is 39.4 Å². The van der Waals surface area contributed by atoms with Crippen LogP contribution < -0.4 is 5.56 Å². The van der Waals surface area contributed by atoms with E-state index in [2.05, 4.69) is 4.98 Å². The molecule has 31 heavy (non-hydrogen) atoms. The maximum atomic E-state index is 13.3. The van der Waals surface area contributed by atoms with Crippen LogP contribution in [0.5, 0.6) is 0 Å². The number of rotatable bonds is 5. The van der Waals surface area contributed by atoms with Crippen LogP contribution in [0.15, 0.2) is 29.1 Å². The number of ether oxygens (including phenoxy) is 1. The summed E-state index contributed by atoms with van der Waals surface area (Å²) in [6.45, 7) is 1.67. The molecule has 7 nitrogen and oxygen atoms in total. The minimum atomic E-state index is -4.54. The van der Waals surface area contributed by atoms with Crippen molar-refractivity contribution in [1.29, 1.82) is 0 Å². The Kier molecular flexibility index (Phi) is 6.29. The van der Waals surface area contributed by atoms with E-state index in [-0.39, 0.29) is 17.1 Å². The van der Waals surface area contributed by atoms with Gasteiger partial charge in [0.05, 0.1) is 36.6 Å². The summed E-state index contributed by atoms with van der Waals surface area (Å²) in [5.41, 5.74) is -0.280. The summed E-state index contributed by atoms with van der Waals surface area (Å²) in [5.74, 6) is 0.162. The van der Waals surface area contributed by atoms with Crippen LogP contribution in [0.1, 0.15) is 31.1 Å². The minimum absolute atomic E-state index is 0.0195. The first-order valence-electron chi connectivity index (χ1n) is 10.5. The number of benzene rings is 1. The average molecular weight is 438 g/mol. The fraction of sp³-hybridized carbons (Fsp3) is 0.571. The van der Waals surface area contributed by atoms with E-state index < -0.39 is 24.3 Å². The number of fused-ring (bicyclic) bond motifs is 1. The Morgan fingerprint density at radius 2 is 1.90 bits per heavy atom. The van der Waals surface area contributed by atoms with Crippen molar-refractivity contribution in [3.8, 4) is 0 Å². The highest BCUT2D eigenvalue weighted by Crippen LogP contribution is 2.32. The molecule has 0 spiro atoms. The summed E-state index contributed by atoms with van der Waals surface area (Å²) in [4.78, 5) is 33.4. The van der Waals surface area contributed by atoms with Crippen LogP contribution in [-0.4, -0.2) is 70.8 Å². The van der Waals surface area contributed by atoms with E-state index in [0.29, 0.717) is 57.8 Å². The van der Waals surface area contributed by atoms with Crippen molar-refractivity contribution in [3.63, 3.8) is 0 Å². The van der Waals surface area contributed by atoms with E-state index >= 15 is 0 Å². The number of aromatic nitrogens is 2. The van der Waals surface area contributed by atoms with E-state index in [0.717, 1.165) is 11.0 Å². The number of alkyl halides is 3. The van der Waals surface area contributed by atoms with E-state index in [4.69, 9.17) is 4.74 Å². The SMILES string of the molecule is O=C1CCOCCN1CCN1CCCC1c1nc2ccccc2c(=O)n1CC(F)(F)F. The summed E-state index contributed by atoms with van der Waals surface area (Å²) >= 11 is 0. The molecule has 10 heteroatoms. The first-order chi connectivity index (χ1) is 14.8. The normalized spacial score (nSPS) is 21.1. The molecule has 2 saturated heterocycles. The van der Waals surface area contributed by atoms with Crippen molar-refractivity contribution >= 4 is 16.8 Å². The highest BCUT2D eigenvalue weighted by molar-refractivity contribution is 5.77. The molecule has 2 aromatic rings. The molecule has 1 atom stereocenters. The van der Waals surface area contributed by atoms with Crippen molar-refractivity contribution in [3.05, 3.63) is 40.4 Å². The van der Waals surface area contributed by atoms with Crippen LogP contribution in [-0.2, 0) is 16.1 Å². The van der Waals surface area contributed by atoms with Crippen LogP contribution in [0.25, 0.3) is 10.9 Å². The smallest absolute Gasteiger partial charge is 0.379 e. The summed E-state index contributed by atoms with van der Waals surface area (Å²) in [6.07, 6.45) is -2.80. The molecule has 0 N–H and O–H groups in total. The Morgan fingerprint density at radius 3 is 2.71 bits per heavy atom. The lowest BCUT2D eigenvalue weighted by molar-refractivity contribution is -0.142. The lowest BCUT2D eigenvalue weighted by atomic mass is 10.1. The number of hydrogen-bond donors (Lipinski definition) is 0. The van der Waals surface area contributed by atoms with Gasteiger partial charge in [-0.3, -0.25) is 19.1 Å². The molecule has 1 amide bonds. The van der Waals surface area contributed by atoms with Gasteiger partial charge in [-0.25, -0.2) is 4.98 Å². The predicted molar refractivity (Wildman–Crippen MR) is 108 cm³/mol. The number of carbonyl (C=O) groups excluding carboxylic acids is 1. The second-order valence-electron chi connectivity index (χ2n) is 7.93. The molecule has 0 saturated carbocycles. The van der Waals surface area contributed by atoms with E-state index in [9.17, 15) is 22.8 Å². The molecule has 2 aliphatic rings. The van der Waals surface area contributed by atoms with Gasteiger partial charge in [0.15, 0.2) is 0 Å². The number of carbonyl (C=O) groups is 1. The van der Waals surface area contributed by atoms with Crippen molar-refractivity contribution in [2.45, 2.75) is 38.0 Å². The Labute approximate surface area is 177 Å². The molecule has 168 valence electrons. The Hall–Kier alpha value is -2.46. The molecular weight excluding hydrogens is 413 g/mol. The van der Waals surface area contributed by atoms with Crippen LogP contribution in [0, 0.1) is 0 Å². The molecular formula is C21H25F3N4O3. The number of halogens is 3. The van der Waals surface area contributed by atoms with Crippen molar-refractivity contribution < 1.29 is 22.7 Å².